The second-order valence-corrected chi connectivity index (χ2v) is 7.46. The Labute approximate surface area is 176 Å². The van der Waals surface area contributed by atoms with Crippen LogP contribution in [0.15, 0.2) is 72.8 Å². The number of benzene rings is 3. The van der Waals surface area contributed by atoms with Crippen molar-refractivity contribution in [1.82, 2.24) is 0 Å². The van der Waals surface area contributed by atoms with E-state index in [2.05, 4.69) is 10.2 Å². The largest absolute Gasteiger partial charge is 0.378 e. The summed E-state index contributed by atoms with van der Waals surface area (Å²) in [6.07, 6.45) is 0. The first-order valence-electron chi connectivity index (χ1n) is 10.2. The van der Waals surface area contributed by atoms with E-state index in [1.54, 1.807) is 13.0 Å². The topological polar surface area (TPSA) is 41.6 Å². The number of morpholine rings is 1. The zero-order valence-electron chi connectivity index (χ0n) is 17.0. The Hall–Kier alpha value is -3.18. The average molecular weight is 404 g/mol. The molecule has 3 aromatic rings. The van der Waals surface area contributed by atoms with Gasteiger partial charge in [0.25, 0.3) is 0 Å². The minimum Gasteiger partial charge on any atom is -0.378 e. The summed E-state index contributed by atoms with van der Waals surface area (Å²) in [7, 11) is 0. The lowest BCUT2D eigenvalue weighted by Gasteiger charge is -2.29. The average Bonchev–Trinajstić information content (AvgIpc) is 2.80. The van der Waals surface area contributed by atoms with Crippen molar-refractivity contribution < 1.29 is 13.9 Å². The van der Waals surface area contributed by atoms with Crippen molar-refractivity contribution >= 4 is 17.3 Å². The van der Waals surface area contributed by atoms with Crippen molar-refractivity contribution in [2.45, 2.75) is 12.8 Å². The molecule has 1 amide bonds. The minimum atomic E-state index is -0.469. The molecule has 1 atom stereocenters. The summed E-state index contributed by atoms with van der Waals surface area (Å²) in [5, 5.41) is 2.93. The van der Waals surface area contributed by atoms with Gasteiger partial charge in [-0.2, -0.15) is 0 Å². The molecule has 4 rings (SSSR count). The zero-order valence-corrected chi connectivity index (χ0v) is 17.0. The fourth-order valence-corrected chi connectivity index (χ4v) is 3.63. The zero-order chi connectivity index (χ0) is 20.9. The third-order valence-electron chi connectivity index (χ3n) is 5.48. The summed E-state index contributed by atoms with van der Waals surface area (Å²) in [6, 6.07) is 22.2. The Kier molecular flexibility index (Phi) is 6.10. The Morgan fingerprint density at radius 1 is 1.00 bits per heavy atom. The van der Waals surface area contributed by atoms with E-state index in [1.807, 2.05) is 60.7 Å². The Morgan fingerprint density at radius 3 is 2.37 bits per heavy atom. The minimum absolute atomic E-state index is 0.166. The lowest BCUT2D eigenvalue weighted by Crippen LogP contribution is -2.36. The van der Waals surface area contributed by atoms with Crippen LogP contribution in [0.4, 0.5) is 15.8 Å². The smallest absolute Gasteiger partial charge is 0.231 e. The highest BCUT2D eigenvalue weighted by Gasteiger charge is 2.18. The molecule has 30 heavy (non-hydrogen) atoms. The maximum atomic E-state index is 14.7. The molecule has 0 aromatic heterocycles. The molecule has 1 unspecified atom stereocenters. The molecule has 1 aliphatic heterocycles. The predicted octanol–water partition coefficient (Wildman–Crippen LogP) is 5.07. The van der Waals surface area contributed by atoms with Gasteiger partial charge in [0, 0.05) is 30.0 Å². The number of hydrogen-bond acceptors (Lipinski definition) is 3. The molecular formula is C25H25FN2O2. The van der Waals surface area contributed by atoms with Gasteiger partial charge >= 0.3 is 0 Å². The highest BCUT2D eigenvalue weighted by Crippen LogP contribution is 2.27. The van der Waals surface area contributed by atoms with Crippen molar-refractivity contribution in [3.63, 3.8) is 0 Å². The molecular weight excluding hydrogens is 379 g/mol. The van der Waals surface area contributed by atoms with Crippen LogP contribution < -0.4 is 10.2 Å². The second-order valence-electron chi connectivity index (χ2n) is 7.46. The number of hydrogen-bond donors (Lipinski definition) is 1. The van der Waals surface area contributed by atoms with E-state index in [-0.39, 0.29) is 11.7 Å². The third-order valence-corrected chi connectivity index (χ3v) is 5.48. The molecule has 1 heterocycles. The van der Waals surface area contributed by atoms with Gasteiger partial charge in [-0.25, -0.2) is 4.39 Å². The second kappa shape index (κ2) is 9.09. The van der Waals surface area contributed by atoms with E-state index < -0.39 is 5.92 Å². The molecule has 154 valence electrons. The van der Waals surface area contributed by atoms with Gasteiger partial charge in [-0.1, -0.05) is 42.5 Å². The molecule has 0 spiro atoms. The number of amides is 1. The van der Waals surface area contributed by atoms with Crippen LogP contribution in [0.5, 0.6) is 0 Å². The van der Waals surface area contributed by atoms with Gasteiger partial charge in [0.2, 0.25) is 5.91 Å². The summed E-state index contributed by atoms with van der Waals surface area (Å²) in [5.74, 6) is -0.961. The molecule has 4 nitrogen and oxygen atoms in total. The highest BCUT2D eigenvalue weighted by molar-refractivity contribution is 5.95. The van der Waals surface area contributed by atoms with Crippen molar-refractivity contribution in [2.75, 3.05) is 36.5 Å². The molecule has 0 bridgehead atoms. The maximum Gasteiger partial charge on any atom is 0.231 e. The van der Waals surface area contributed by atoms with Gasteiger partial charge in [0.1, 0.15) is 5.82 Å². The monoisotopic (exact) mass is 404 g/mol. The van der Waals surface area contributed by atoms with Crippen LogP contribution in [0, 0.1) is 5.82 Å². The van der Waals surface area contributed by atoms with E-state index in [9.17, 15) is 9.18 Å². The molecule has 1 N–H and O–H groups in total. The van der Waals surface area contributed by atoms with Crippen molar-refractivity contribution in [3.05, 3.63) is 84.2 Å². The molecule has 1 saturated heterocycles. The molecule has 1 fully saturated rings. The van der Waals surface area contributed by atoms with Crippen molar-refractivity contribution in [1.29, 1.82) is 0 Å². The number of carbonyl (C=O) groups excluding carboxylic acids is 1. The predicted molar refractivity (Wildman–Crippen MR) is 118 cm³/mol. The summed E-state index contributed by atoms with van der Waals surface area (Å²) in [4.78, 5) is 15.0. The lowest BCUT2D eigenvalue weighted by atomic mass is 9.96. The van der Waals surface area contributed by atoms with Crippen LogP contribution in [0.1, 0.15) is 18.4 Å². The number of ether oxygens (including phenoxy) is 1. The number of nitrogens with zero attached hydrogens (tertiary/aromatic N) is 1. The van der Waals surface area contributed by atoms with E-state index in [0.29, 0.717) is 11.1 Å². The number of anilines is 2. The SMILES string of the molecule is CC(C(=O)Nc1ccc(N2CCOCC2)cc1)c1ccc(-c2ccccc2)c(F)c1. The molecule has 0 radical (unpaired) electrons. The summed E-state index contributed by atoms with van der Waals surface area (Å²) in [6.45, 7) is 4.99. The van der Waals surface area contributed by atoms with Crippen LogP contribution in [0.3, 0.4) is 0 Å². The number of halogens is 1. The summed E-state index contributed by atoms with van der Waals surface area (Å²) >= 11 is 0. The maximum absolute atomic E-state index is 14.7. The fraction of sp³-hybridized carbons (Fsp3) is 0.240. The van der Waals surface area contributed by atoms with Crippen LogP contribution in [-0.4, -0.2) is 32.2 Å². The Bertz CT molecular complexity index is 999. The molecule has 3 aromatic carbocycles. The molecule has 0 aliphatic carbocycles. The molecule has 5 heteroatoms. The first-order chi connectivity index (χ1) is 14.6. The van der Waals surface area contributed by atoms with E-state index in [0.717, 1.165) is 43.2 Å². The third kappa shape index (κ3) is 4.52. The Balaban J connectivity index is 1.42. The van der Waals surface area contributed by atoms with Gasteiger partial charge in [-0.05, 0) is 48.4 Å². The molecule has 0 saturated carbocycles. The first kappa shape index (κ1) is 20.1. The van der Waals surface area contributed by atoms with Crippen molar-refractivity contribution in [3.8, 4) is 11.1 Å². The first-order valence-corrected chi connectivity index (χ1v) is 10.2. The lowest BCUT2D eigenvalue weighted by molar-refractivity contribution is -0.117. The normalized spacial score (nSPS) is 14.9. The molecule has 1 aliphatic rings. The van der Waals surface area contributed by atoms with Gasteiger partial charge in [-0.15, -0.1) is 0 Å². The number of rotatable bonds is 5. The van der Waals surface area contributed by atoms with Gasteiger partial charge in [0.05, 0.1) is 19.1 Å². The quantitative estimate of drug-likeness (QED) is 0.645. The van der Waals surface area contributed by atoms with E-state index in [1.165, 1.54) is 6.07 Å². The van der Waals surface area contributed by atoms with Gasteiger partial charge in [0.15, 0.2) is 0 Å². The van der Waals surface area contributed by atoms with Gasteiger partial charge < -0.3 is 15.0 Å². The van der Waals surface area contributed by atoms with Crippen LogP contribution in [-0.2, 0) is 9.53 Å². The summed E-state index contributed by atoms with van der Waals surface area (Å²) < 4.78 is 20.0. The van der Waals surface area contributed by atoms with Crippen molar-refractivity contribution in [2.24, 2.45) is 0 Å². The van der Waals surface area contributed by atoms with Crippen LogP contribution in [0.2, 0.25) is 0 Å². The summed E-state index contributed by atoms with van der Waals surface area (Å²) in [5.41, 5.74) is 3.84. The van der Waals surface area contributed by atoms with E-state index in [4.69, 9.17) is 4.74 Å². The Morgan fingerprint density at radius 2 is 1.70 bits per heavy atom. The van der Waals surface area contributed by atoms with E-state index >= 15 is 0 Å². The van der Waals surface area contributed by atoms with Crippen LogP contribution >= 0.6 is 0 Å². The number of carbonyl (C=O) groups is 1. The highest BCUT2D eigenvalue weighted by atomic mass is 19.1. The fourth-order valence-electron chi connectivity index (χ4n) is 3.63. The number of nitrogens with one attached hydrogen (secondary N) is 1. The van der Waals surface area contributed by atoms with Gasteiger partial charge in [-0.3, -0.25) is 4.79 Å². The standard InChI is InChI=1S/C25H25FN2O2/c1-18(20-7-12-23(24(26)17-20)19-5-3-2-4-6-19)25(29)27-21-8-10-22(11-9-21)28-13-15-30-16-14-28/h2-12,17-18H,13-16H2,1H3,(H,27,29). The van der Waals surface area contributed by atoms with Crippen LogP contribution in [0.25, 0.3) is 11.1 Å².